The molecule has 0 radical (unpaired) electrons. The summed E-state index contributed by atoms with van der Waals surface area (Å²) in [5.41, 5.74) is -1.63. The van der Waals surface area contributed by atoms with Gasteiger partial charge >= 0.3 is 0 Å². The van der Waals surface area contributed by atoms with E-state index in [4.69, 9.17) is 19.3 Å². The average Bonchev–Trinajstić information content (AvgIpc) is 2.29. The van der Waals surface area contributed by atoms with Gasteiger partial charge in [-0.3, -0.25) is 0 Å². The number of aliphatic hydroxyl groups is 2. The van der Waals surface area contributed by atoms with Crippen molar-refractivity contribution in [2.24, 2.45) is 0 Å². The molecule has 0 heterocycles. The van der Waals surface area contributed by atoms with Crippen molar-refractivity contribution in [3.63, 3.8) is 0 Å². The molecule has 0 aliphatic rings. The molecule has 0 aliphatic heterocycles. The topological polar surface area (TPSA) is 68.2 Å². The zero-order chi connectivity index (χ0) is 14.8. The quantitative estimate of drug-likeness (QED) is 0.475. The highest BCUT2D eigenvalue weighted by Gasteiger charge is 2.16. The van der Waals surface area contributed by atoms with E-state index < -0.39 is 11.2 Å². The summed E-state index contributed by atoms with van der Waals surface area (Å²) < 4.78 is 15.9. The summed E-state index contributed by atoms with van der Waals surface area (Å²) in [5.74, 6) is 5.62. The van der Waals surface area contributed by atoms with E-state index in [1.807, 2.05) is 13.8 Å². The van der Waals surface area contributed by atoms with Gasteiger partial charge in [0.05, 0.1) is 39.6 Å². The summed E-state index contributed by atoms with van der Waals surface area (Å²) in [4.78, 5) is 0. The third-order valence-corrected chi connectivity index (χ3v) is 1.97. The molecular formula is C14H26O5. The second-order valence-electron chi connectivity index (χ2n) is 5.12. The van der Waals surface area contributed by atoms with Crippen LogP contribution in [0.5, 0.6) is 0 Å². The maximum atomic E-state index is 9.51. The SMILES string of the molecule is CC(C)(O)C#CC(C)(C)OCCOCCOCCO. The molecule has 0 amide bonds. The monoisotopic (exact) mass is 274 g/mol. The molecule has 0 unspecified atom stereocenters. The van der Waals surface area contributed by atoms with Gasteiger partial charge in [0.2, 0.25) is 0 Å². The first-order valence-corrected chi connectivity index (χ1v) is 6.44. The lowest BCUT2D eigenvalue weighted by Crippen LogP contribution is -2.26. The van der Waals surface area contributed by atoms with Crippen LogP contribution < -0.4 is 0 Å². The third kappa shape index (κ3) is 13.6. The number of rotatable bonds is 9. The van der Waals surface area contributed by atoms with Crippen molar-refractivity contribution in [3.05, 3.63) is 0 Å². The van der Waals surface area contributed by atoms with Gasteiger partial charge in [0.1, 0.15) is 11.2 Å². The van der Waals surface area contributed by atoms with Crippen LogP contribution in [0.15, 0.2) is 0 Å². The minimum Gasteiger partial charge on any atom is -0.394 e. The lowest BCUT2D eigenvalue weighted by atomic mass is 10.1. The maximum absolute atomic E-state index is 9.51. The molecule has 0 spiro atoms. The van der Waals surface area contributed by atoms with E-state index in [2.05, 4.69) is 11.8 Å². The molecule has 0 aliphatic carbocycles. The molecule has 112 valence electrons. The number of hydrogen-bond donors (Lipinski definition) is 2. The minimum atomic E-state index is -1.01. The van der Waals surface area contributed by atoms with Gasteiger partial charge in [-0.15, -0.1) is 0 Å². The molecule has 0 fully saturated rings. The molecular weight excluding hydrogens is 248 g/mol. The van der Waals surface area contributed by atoms with Crippen LogP contribution in [0.1, 0.15) is 27.7 Å². The van der Waals surface area contributed by atoms with Gasteiger partial charge in [0, 0.05) is 0 Å². The molecule has 0 aromatic carbocycles. The predicted molar refractivity (Wildman–Crippen MR) is 72.8 cm³/mol. The van der Waals surface area contributed by atoms with Gasteiger partial charge in [0.15, 0.2) is 0 Å². The van der Waals surface area contributed by atoms with Crippen LogP contribution in [0.25, 0.3) is 0 Å². The van der Waals surface area contributed by atoms with E-state index in [-0.39, 0.29) is 6.61 Å². The third-order valence-electron chi connectivity index (χ3n) is 1.97. The highest BCUT2D eigenvalue weighted by molar-refractivity contribution is 5.17. The van der Waals surface area contributed by atoms with Crippen molar-refractivity contribution < 1.29 is 24.4 Å². The van der Waals surface area contributed by atoms with Crippen LogP contribution >= 0.6 is 0 Å². The molecule has 0 saturated carbocycles. The second kappa shape index (κ2) is 9.29. The fraction of sp³-hybridized carbons (Fsp3) is 0.857. The molecule has 5 nitrogen and oxygen atoms in total. The zero-order valence-electron chi connectivity index (χ0n) is 12.4. The van der Waals surface area contributed by atoms with E-state index in [9.17, 15) is 5.11 Å². The van der Waals surface area contributed by atoms with Crippen LogP contribution in [-0.2, 0) is 14.2 Å². The van der Waals surface area contributed by atoms with Crippen LogP contribution in [-0.4, -0.2) is 61.1 Å². The number of ether oxygens (including phenoxy) is 3. The zero-order valence-corrected chi connectivity index (χ0v) is 12.4. The van der Waals surface area contributed by atoms with Crippen LogP contribution in [0.3, 0.4) is 0 Å². The second-order valence-corrected chi connectivity index (χ2v) is 5.12. The van der Waals surface area contributed by atoms with Gasteiger partial charge in [-0.2, -0.15) is 0 Å². The number of aliphatic hydroxyl groups excluding tert-OH is 1. The summed E-state index contributed by atoms with van der Waals surface area (Å²) in [6.45, 7) is 9.12. The first-order valence-electron chi connectivity index (χ1n) is 6.44. The first kappa shape index (κ1) is 18.4. The van der Waals surface area contributed by atoms with Crippen molar-refractivity contribution >= 4 is 0 Å². The van der Waals surface area contributed by atoms with Gasteiger partial charge in [-0.1, -0.05) is 11.8 Å². The molecule has 0 rings (SSSR count). The molecule has 19 heavy (non-hydrogen) atoms. The fourth-order valence-corrected chi connectivity index (χ4v) is 1.08. The van der Waals surface area contributed by atoms with E-state index in [0.717, 1.165) is 0 Å². The van der Waals surface area contributed by atoms with Gasteiger partial charge in [-0.05, 0) is 27.7 Å². The standard InChI is InChI=1S/C14H26O5/c1-13(2,16)5-6-14(3,4)19-12-11-18-10-9-17-8-7-15/h15-16H,7-12H2,1-4H3. The van der Waals surface area contributed by atoms with E-state index in [1.54, 1.807) is 13.8 Å². The van der Waals surface area contributed by atoms with E-state index >= 15 is 0 Å². The van der Waals surface area contributed by atoms with Crippen LogP contribution in [0, 0.1) is 11.8 Å². The summed E-state index contributed by atoms with van der Waals surface area (Å²) >= 11 is 0. The van der Waals surface area contributed by atoms with Gasteiger partial charge < -0.3 is 24.4 Å². The number of hydrogen-bond acceptors (Lipinski definition) is 5. The Morgan fingerprint density at radius 3 is 1.89 bits per heavy atom. The lowest BCUT2D eigenvalue weighted by molar-refractivity contribution is -0.0272. The van der Waals surface area contributed by atoms with Gasteiger partial charge in [0.25, 0.3) is 0 Å². The fourth-order valence-electron chi connectivity index (χ4n) is 1.08. The van der Waals surface area contributed by atoms with Crippen LogP contribution in [0.2, 0.25) is 0 Å². The Balaban J connectivity index is 3.66. The van der Waals surface area contributed by atoms with Crippen LogP contribution in [0.4, 0.5) is 0 Å². The van der Waals surface area contributed by atoms with Crippen molar-refractivity contribution in [2.75, 3.05) is 39.6 Å². The maximum Gasteiger partial charge on any atom is 0.123 e. The normalized spacial score (nSPS) is 12.1. The van der Waals surface area contributed by atoms with Crippen molar-refractivity contribution in [2.45, 2.75) is 38.9 Å². The molecule has 0 aromatic rings. The van der Waals surface area contributed by atoms with Crippen molar-refractivity contribution in [3.8, 4) is 11.8 Å². The highest BCUT2D eigenvalue weighted by atomic mass is 16.6. The molecule has 0 bridgehead atoms. The molecule has 0 saturated heterocycles. The Morgan fingerprint density at radius 1 is 0.842 bits per heavy atom. The largest absolute Gasteiger partial charge is 0.394 e. The van der Waals surface area contributed by atoms with Gasteiger partial charge in [-0.25, -0.2) is 0 Å². The summed E-state index contributed by atoms with van der Waals surface area (Å²) in [7, 11) is 0. The Hall–Kier alpha value is -0.640. The van der Waals surface area contributed by atoms with E-state index in [0.29, 0.717) is 33.0 Å². The average molecular weight is 274 g/mol. The van der Waals surface area contributed by atoms with Crippen molar-refractivity contribution in [1.82, 2.24) is 0 Å². The molecule has 5 heteroatoms. The Morgan fingerprint density at radius 2 is 1.37 bits per heavy atom. The molecule has 0 aromatic heterocycles. The lowest BCUT2D eigenvalue weighted by Gasteiger charge is -2.19. The Bertz CT molecular complexity index is 282. The Labute approximate surface area is 115 Å². The van der Waals surface area contributed by atoms with Crippen molar-refractivity contribution in [1.29, 1.82) is 0 Å². The molecule has 2 N–H and O–H groups in total. The smallest absolute Gasteiger partial charge is 0.123 e. The Kier molecular flexibility index (Phi) is 8.98. The summed E-state index contributed by atoms with van der Waals surface area (Å²) in [6.07, 6.45) is 0. The summed E-state index contributed by atoms with van der Waals surface area (Å²) in [6, 6.07) is 0. The first-order chi connectivity index (χ1) is 8.77. The predicted octanol–water partition coefficient (Wildman–Crippen LogP) is 0.581. The molecule has 0 atom stereocenters. The highest BCUT2D eigenvalue weighted by Crippen LogP contribution is 2.08. The summed E-state index contributed by atoms with van der Waals surface area (Å²) in [5, 5.41) is 18.0. The van der Waals surface area contributed by atoms with E-state index in [1.165, 1.54) is 0 Å². The minimum absolute atomic E-state index is 0.0250.